The summed E-state index contributed by atoms with van der Waals surface area (Å²) >= 11 is 0. The Morgan fingerprint density at radius 2 is 2.11 bits per heavy atom. The topological polar surface area (TPSA) is 67.1 Å². The number of nitrogens with two attached hydrogens (primary N) is 1. The molecule has 1 fully saturated rings. The SMILES string of the molecule is CCNc1cc(N(C)C2CCCCC2C)nc(N)n1. The molecule has 2 rings (SSSR count). The zero-order valence-electron chi connectivity index (χ0n) is 12.2. The average molecular weight is 263 g/mol. The van der Waals surface area contributed by atoms with Crippen molar-refractivity contribution in [2.24, 2.45) is 5.92 Å². The van der Waals surface area contributed by atoms with E-state index < -0.39 is 0 Å². The Hall–Kier alpha value is -1.52. The quantitative estimate of drug-likeness (QED) is 0.873. The van der Waals surface area contributed by atoms with Gasteiger partial charge in [-0.25, -0.2) is 0 Å². The van der Waals surface area contributed by atoms with E-state index >= 15 is 0 Å². The third kappa shape index (κ3) is 3.28. The van der Waals surface area contributed by atoms with E-state index in [9.17, 15) is 0 Å². The molecule has 0 saturated heterocycles. The number of anilines is 3. The molecule has 0 radical (unpaired) electrons. The van der Waals surface area contributed by atoms with Gasteiger partial charge in [-0.3, -0.25) is 0 Å². The lowest BCUT2D eigenvalue weighted by molar-refractivity contribution is 0.320. The fourth-order valence-corrected chi connectivity index (χ4v) is 2.95. The minimum atomic E-state index is 0.337. The Balaban J connectivity index is 2.19. The summed E-state index contributed by atoms with van der Waals surface area (Å²) in [7, 11) is 2.12. The Morgan fingerprint density at radius 3 is 2.79 bits per heavy atom. The Bertz CT molecular complexity index is 420. The molecule has 1 aliphatic carbocycles. The number of nitrogen functional groups attached to an aromatic ring is 1. The number of hydrogen-bond acceptors (Lipinski definition) is 5. The minimum absolute atomic E-state index is 0.337. The van der Waals surface area contributed by atoms with Crippen LogP contribution in [0.4, 0.5) is 17.6 Å². The summed E-state index contributed by atoms with van der Waals surface area (Å²) in [6, 6.07) is 2.54. The van der Waals surface area contributed by atoms with E-state index in [0.29, 0.717) is 17.9 Å². The van der Waals surface area contributed by atoms with Crippen LogP contribution in [0.2, 0.25) is 0 Å². The number of hydrogen-bond donors (Lipinski definition) is 2. The van der Waals surface area contributed by atoms with Crippen molar-refractivity contribution in [1.29, 1.82) is 0 Å². The van der Waals surface area contributed by atoms with Gasteiger partial charge in [0, 0.05) is 25.7 Å². The average Bonchev–Trinajstić information content (AvgIpc) is 2.38. The second-order valence-corrected chi connectivity index (χ2v) is 5.44. The molecule has 1 aromatic heterocycles. The van der Waals surface area contributed by atoms with Gasteiger partial charge in [-0.2, -0.15) is 9.97 Å². The third-order valence-corrected chi connectivity index (χ3v) is 4.01. The summed E-state index contributed by atoms with van der Waals surface area (Å²) < 4.78 is 0. The van der Waals surface area contributed by atoms with Crippen LogP contribution in [-0.2, 0) is 0 Å². The lowest BCUT2D eigenvalue weighted by Crippen LogP contribution is -2.39. The molecule has 1 aromatic rings. The van der Waals surface area contributed by atoms with Gasteiger partial charge in [-0.05, 0) is 25.7 Å². The molecule has 0 spiro atoms. The minimum Gasteiger partial charge on any atom is -0.370 e. The zero-order chi connectivity index (χ0) is 13.8. The molecule has 0 amide bonds. The van der Waals surface area contributed by atoms with Gasteiger partial charge < -0.3 is 16.0 Å². The zero-order valence-corrected chi connectivity index (χ0v) is 12.2. The van der Waals surface area contributed by atoms with E-state index in [-0.39, 0.29) is 0 Å². The number of aromatic nitrogens is 2. The van der Waals surface area contributed by atoms with Gasteiger partial charge in [0.25, 0.3) is 0 Å². The molecule has 106 valence electrons. The second kappa shape index (κ2) is 6.08. The normalized spacial score (nSPS) is 23.1. The smallest absolute Gasteiger partial charge is 0.223 e. The summed E-state index contributed by atoms with van der Waals surface area (Å²) in [4.78, 5) is 10.8. The van der Waals surface area contributed by atoms with Gasteiger partial charge >= 0.3 is 0 Å². The first kappa shape index (κ1) is 13.9. The first-order chi connectivity index (χ1) is 9.11. The molecule has 0 aromatic carbocycles. The third-order valence-electron chi connectivity index (χ3n) is 4.01. The van der Waals surface area contributed by atoms with Crippen LogP contribution in [-0.4, -0.2) is 29.6 Å². The van der Waals surface area contributed by atoms with Gasteiger partial charge in [0.05, 0.1) is 0 Å². The maximum atomic E-state index is 5.80. The number of nitrogens with one attached hydrogen (secondary N) is 1. The first-order valence-electron chi connectivity index (χ1n) is 7.23. The van der Waals surface area contributed by atoms with Gasteiger partial charge in [-0.1, -0.05) is 19.8 Å². The second-order valence-electron chi connectivity index (χ2n) is 5.44. The van der Waals surface area contributed by atoms with E-state index in [1.807, 2.05) is 13.0 Å². The summed E-state index contributed by atoms with van der Waals surface area (Å²) in [5.74, 6) is 2.77. The van der Waals surface area contributed by atoms with Gasteiger partial charge in [0.15, 0.2) is 0 Å². The Morgan fingerprint density at radius 1 is 1.37 bits per heavy atom. The van der Waals surface area contributed by atoms with E-state index in [0.717, 1.165) is 18.2 Å². The fraction of sp³-hybridized carbons (Fsp3) is 0.714. The van der Waals surface area contributed by atoms with Crippen LogP contribution < -0.4 is 16.0 Å². The summed E-state index contributed by atoms with van der Waals surface area (Å²) in [6.45, 7) is 5.21. The largest absolute Gasteiger partial charge is 0.370 e. The molecule has 2 atom stereocenters. The highest BCUT2D eigenvalue weighted by molar-refractivity contribution is 5.52. The lowest BCUT2D eigenvalue weighted by atomic mass is 9.85. The first-order valence-corrected chi connectivity index (χ1v) is 7.23. The van der Waals surface area contributed by atoms with Crippen molar-refractivity contribution in [3.05, 3.63) is 6.07 Å². The molecule has 1 aliphatic rings. The highest BCUT2D eigenvalue weighted by Gasteiger charge is 2.26. The van der Waals surface area contributed by atoms with Crippen LogP contribution in [0.25, 0.3) is 0 Å². The number of rotatable bonds is 4. The molecule has 5 nitrogen and oxygen atoms in total. The van der Waals surface area contributed by atoms with Crippen molar-refractivity contribution in [3.8, 4) is 0 Å². The van der Waals surface area contributed by atoms with Gasteiger partial charge in [0.2, 0.25) is 5.95 Å². The van der Waals surface area contributed by atoms with E-state index in [1.165, 1.54) is 25.7 Å². The molecule has 3 N–H and O–H groups in total. The molecule has 2 unspecified atom stereocenters. The molecular formula is C14H25N5. The van der Waals surface area contributed by atoms with Crippen molar-refractivity contribution >= 4 is 17.6 Å². The van der Waals surface area contributed by atoms with E-state index in [1.54, 1.807) is 0 Å². The van der Waals surface area contributed by atoms with Crippen LogP contribution in [0.5, 0.6) is 0 Å². The molecule has 5 heteroatoms. The predicted molar refractivity (Wildman–Crippen MR) is 80.4 cm³/mol. The van der Waals surface area contributed by atoms with Crippen molar-refractivity contribution < 1.29 is 0 Å². The molecule has 0 aliphatic heterocycles. The fourth-order valence-electron chi connectivity index (χ4n) is 2.95. The molecule has 1 saturated carbocycles. The molecule has 1 heterocycles. The standard InChI is InChI=1S/C14H25N5/c1-4-16-12-9-13(18-14(15)17-12)19(3)11-8-6-5-7-10(11)2/h9-11H,4-8H2,1-3H3,(H3,15,16,17,18). The monoisotopic (exact) mass is 263 g/mol. The van der Waals surface area contributed by atoms with Crippen LogP contribution in [0, 0.1) is 5.92 Å². The Kier molecular flexibility index (Phi) is 4.45. The molecule has 0 bridgehead atoms. The van der Waals surface area contributed by atoms with Crippen molar-refractivity contribution in [2.45, 2.75) is 45.6 Å². The van der Waals surface area contributed by atoms with Crippen molar-refractivity contribution in [1.82, 2.24) is 9.97 Å². The van der Waals surface area contributed by atoms with Crippen molar-refractivity contribution in [3.63, 3.8) is 0 Å². The van der Waals surface area contributed by atoms with Crippen molar-refractivity contribution in [2.75, 3.05) is 29.5 Å². The Labute approximate surface area is 115 Å². The molecule has 19 heavy (non-hydrogen) atoms. The number of nitrogens with zero attached hydrogens (tertiary/aromatic N) is 3. The maximum absolute atomic E-state index is 5.80. The van der Waals surface area contributed by atoms with Gasteiger partial charge in [0.1, 0.15) is 11.6 Å². The highest BCUT2D eigenvalue weighted by Crippen LogP contribution is 2.30. The maximum Gasteiger partial charge on any atom is 0.223 e. The van der Waals surface area contributed by atoms with Crippen LogP contribution >= 0.6 is 0 Å². The van der Waals surface area contributed by atoms with Crippen LogP contribution in [0.3, 0.4) is 0 Å². The highest BCUT2D eigenvalue weighted by atomic mass is 15.2. The summed E-state index contributed by atoms with van der Waals surface area (Å²) in [5.41, 5.74) is 5.80. The summed E-state index contributed by atoms with van der Waals surface area (Å²) in [5, 5.41) is 3.20. The van der Waals surface area contributed by atoms with Crippen LogP contribution in [0.15, 0.2) is 6.07 Å². The predicted octanol–water partition coefficient (Wildman–Crippen LogP) is 2.51. The molecular weight excluding hydrogens is 238 g/mol. The van der Waals surface area contributed by atoms with Gasteiger partial charge in [-0.15, -0.1) is 0 Å². The summed E-state index contributed by atoms with van der Waals surface area (Å²) in [6.07, 6.45) is 5.19. The lowest BCUT2D eigenvalue weighted by Gasteiger charge is -2.37. The van der Waals surface area contributed by atoms with Crippen LogP contribution in [0.1, 0.15) is 39.5 Å². The van der Waals surface area contributed by atoms with E-state index in [2.05, 4.69) is 34.2 Å². The van der Waals surface area contributed by atoms with E-state index in [4.69, 9.17) is 5.73 Å².